The molecule has 0 atom stereocenters. The lowest BCUT2D eigenvalue weighted by Gasteiger charge is -2.08. The number of hydrogen-bond donors (Lipinski definition) is 1. The third-order valence-electron chi connectivity index (χ3n) is 4.18. The van der Waals surface area contributed by atoms with Crippen LogP contribution in [0.2, 0.25) is 0 Å². The molecular weight excluding hydrogens is 392 g/mol. The number of benzene rings is 1. The maximum atomic E-state index is 11.6. The van der Waals surface area contributed by atoms with Crippen LogP contribution in [0, 0.1) is 11.3 Å². The minimum atomic E-state index is -1.00. The quantitative estimate of drug-likeness (QED) is 0.431. The number of rotatable bonds is 9. The molecule has 1 aromatic carbocycles. The summed E-state index contributed by atoms with van der Waals surface area (Å²) in [6.45, 7) is 2.74. The van der Waals surface area contributed by atoms with Crippen molar-refractivity contribution < 1.29 is 14.6 Å². The Morgan fingerprint density at radius 2 is 2.14 bits per heavy atom. The largest absolute Gasteiger partial charge is 0.492 e. The number of thiophene rings is 1. The molecule has 144 valence electrons. The minimum Gasteiger partial charge on any atom is -0.492 e. The first-order valence-electron chi connectivity index (χ1n) is 9.09. The molecule has 0 aliphatic heterocycles. The van der Waals surface area contributed by atoms with Crippen molar-refractivity contribution in [2.75, 3.05) is 6.61 Å². The van der Waals surface area contributed by atoms with Gasteiger partial charge in [-0.15, -0.1) is 22.7 Å². The van der Waals surface area contributed by atoms with Crippen LogP contribution in [-0.4, -0.2) is 22.7 Å². The van der Waals surface area contributed by atoms with Crippen LogP contribution >= 0.6 is 22.7 Å². The van der Waals surface area contributed by atoms with Crippen LogP contribution in [0.3, 0.4) is 0 Å². The van der Waals surface area contributed by atoms with Crippen molar-refractivity contribution in [1.82, 2.24) is 4.98 Å². The summed E-state index contributed by atoms with van der Waals surface area (Å²) in [5.74, 6) is -0.448. The van der Waals surface area contributed by atoms with Gasteiger partial charge in [0, 0.05) is 5.56 Å². The van der Waals surface area contributed by atoms with Crippen molar-refractivity contribution in [2.45, 2.75) is 32.6 Å². The number of carboxylic acid groups (broad SMARTS) is 1. The van der Waals surface area contributed by atoms with Gasteiger partial charge in [-0.25, -0.2) is 9.78 Å². The molecule has 2 aromatic heterocycles. The van der Waals surface area contributed by atoms with Crippen LogP contribution in [0.15, 0.2) is 35.7 Å². The summed E-state index contributed by atoms with van der Waals surface area (Å²) in [5.41, 5.74) is 1.61. The van der Waals surface area contributed by atoms with E-state index in [1.165, 1.54) is 17.8 Å². The lowest BCUT2D eigenvalue weighted by molar-refractivity contribution is 0.0702. The van der Waals surface area contributed by atoms with Gasteiger partial charge in [0.15, 0.2) is 0 Å². The molecule has 0 saturated carbocycles. The van der Waals surface area contributed by atoms with Gasteiger partial charge in [0.25, 0.3) is 0 Å². The number of nitrogens with zero attached hydrogens (tertiary/aromatic N) is 2. The van der Waals surface area contributed by atoms with E-state index >= 15 is 0 Å². The van der Waals surface area contributed by atoms with E-state index in [1.807, 2.05) is 23.6 Å². The molecule has 3 rings (SSSR count). The first-order chi connectivity index (χ1) is 13.6. The molecule has 0 amide bonds. The molecule has 0 radical (unpaired) electrons. The summed E-state index contributed by atoms with van der Waals surface area (Å²) in [6.07, 6.45) is 4.41. The van der Waals surface area contributed by atoms with Gasteiger partial charge in [0.2, 0.25) is 0 Å². The Hall–Kier alpha value is -2.69. The highest BCUT2D eigenvalue weighted by molar-refractivity contribution is 7.18. The van der Waals surface area contributed by atoms with E-state index in [0.717, 1.165) is 35.5 Å². The second-order valence-electron chi connectivity index (χ2n) is 6.21. The molecule has 0 aliphatic rings. The van der Waals surface area contributed by atoms with E-state index in [4.69, 9.17) is 4.74 Å². The highest BCUT2D eigenvalue weighted by Crippen LogP contribution is 2.37. The number of nitriles is 1. The molecule has 28 heavy (non-hydrogen) atoms. The number of aromatic nitrogens is 1. The predicted octanol–water partition coefficient (Wildman–Crippen LogP) is 6.07. The van der Waals surface area contributed by atoms with E-state index in [-0.39, 0.29) is 4.88 Å². The van der Waals surface area contributed by atoms with Gasteiger partial charge < -0.3 is 9.84 Å². The standard InChI is InChI=1S/C21H20N2O3S2/c1-2-3-4-5-10-26-16-9-8-14(12-15(16)13-22)20-23-18(17-7-6-11-27-17)19(28-20)21(24)25/h6-9,11-12H,2-5,10H2,1H3,(H,24,25). The summed E-state index contributed by atoms with van der Waals surface area (Å²) in [6, 6.07) is 11.2. The van der Waals surface area contributed by atoms with Gasteiger partial charge in [-0.3, -0.25) is 0 Å². The Morgan fingerprint density at radius 1 is 1.29 bits per heavy atom. The van der Waals surface area contributed by atoms with Crippen LogP contribution in [0.1, 0.15) is 47.8 Å². The lowest BCUT2D eigenvalue weighted by atomic mass is 10.1. The number of carboxylic acids is 1. The summed E-state index contributed by atoms with van der Waals surface area (Å²) < 4.78 is 5.76. The molecule has 3 aromatic rings. The molecule has 0 unspecified atom stereocenters. The highest BCUT2D eigenvalue weighted by atomic mass is 32.1. The van der Waals surface area contributed by atoms with Gasteiger partial charge in [-0.05, 0) is 36.1 Å². The van der Waals surface area contributed by atoms with Crippen LogP contribution in [0.25, 0.3) is 21.1 Å². The highest BCUT2D eigenvalue weighted by Gasteiger charge is 2.21. The fraction of sp³-hybridized carbons (Fsp3) is 0.286. The fourth-order valence-corrected chi connectivity index (χ4v) is 4.46. The van der Waals surface area contributed by atoms with Gasteiger partial charge in [-0.1, -0.05) is 32.3 Å². The number of unbranched alkanes of at least 4 members (excludes halogenated alkanes) is 3. The maximum absolute atomic E-state index is 11.6. The molecule has 1 N–H and O–H groups in total. The van der Waals surface area contributed by atoms with E-state index in [2.05, 4.69) is 18.0 Å². The van der Waals surface area contributed by atoms with Crippen molar-refractivity contribution in [1.29, 1.82) is 5.26 Å². The number of thiazole rings is 1. The van der Waals surface area contributed by atoms with Crippen LogP contribution in [0.4, 0.5) is 0 Å². The summed E-state index contributed by atoms with van der Waals surface area (Å²) >= 11 is 2.57. The van der Waals surface area contributed by atoms with Crippen LogP contribution in [-0.2, 0) is 0 Å². The fourth-order valence-electron chi connectivity index (χ4n) is 2.76. The van der Waals surface area contributed by atoms with E-state index in [9.17, 15) is 15.2 Å². The second kappa shape index (κ2) is 9.49. The molecule has 2 heterocycles. The SMILES string of the molecule is CCCCCCOc1ccc(-c2nc(-c3cccs3)c(C(=O)O)s2)cc1C#N. The molecular formula is C21H20N2O3S2. The van der Waals surface area contributed by atoms with Crippen molar-refractivity contribution in [2.24, 2.45) is 0 Å². The molecule has 5 nitrogen and oxygen atoms in total. The zero-order chi connectivity index (χ0) is 19.9. The molecule has 0 spiro atoms. The Morgan fingerprint density at radius 3 is 2.82 bits per heavy atom. The molecule has 0 fully saturated rings. The van der Waals surface area contributed by atoms with Gasteiger partial charge in [-0.2, -0.15) is 5.26 Å². The first kappa shape index (κ1) is 20.1. The van der Waals surface area contributed by atoms with Crippen molar-refractivity contribution >= 4 is 28.6 Å². The number of carbonyl (C=O) groups is 1. The third kappa shape index (κ3) is 4.58. The Labute approximate surface area is 171 Å². The zero-order valence-corrected chi connectivity index (χ0v) is 17.1. The van der Waals surface area contributed by atoms with Gasteiger partial charge >= 0.3 is 5.97 Å². The van der Waals surface area contributed by atoms with E-state index < -0.39 is 5.97 Å². The third-order valence-corrected chi connectivity index (χ3v) is 6.15. The molecule has 0 bridgehead atoms. The summed E-state index contributed by atoms with van der Waals surface area (Å²) in [5, 5.41) is 21.5. The zero-order valence-electron chi connectivity index (χ0n) is 15.5. The molecule has 0 aliphatic carbocycles. The average molecular weight is 413 g/mol. The topological polar surface area (TPSA) is 83.2 Å². The second-order valence-corrected chi connectivity index (χ2v) is 8.16. The Kier molecular flexibility index (Phi) is 6.80. The normalized spacial score (nSPS) is 10.6. The Bertz CT molecular complexity index is 988. The number of hydrogen-bond acceptors (Lipinski definition) is 6. The van der Waals surface area contributed by atoms with Crippen molar-refractivity contribution in [3.05, 3.63) is 46.2 Å². The van der Waals surface area contributed by atoms with Crippen LogP contribution in [0.5, 0.6) is 5.75 Å². The Balaban J connectivity index is 1.85. The van der Waals surface area contributed by atoms with Gasteiger partial charge in [0.05, 0.1) is 17.0 Å². The molecule has 7 heteroatoms. The van der Waals surface area contributed by atoms with Crippen molar-refractivity contribution in [3.8, 4) is 33.0 Å². The van der Waals surface area contributed by atoms with Crippen molar-refractivity contribution in [3.63, 3.8) is 0 Å². The van der Waals surface area contributed by atoms with E-state index in [0.29, 0.717) is 34.2 Å². The molecule has 0 saturated heterocycles. The average Bonchev–Trinajstić information content (AvgIpc) is 3.37. The number of aromatic carboxylic acids is 1. The maximum Gasteiger partial charge on any atom is 0.348 e. The predicted molar refractivity (Wildman–Crippen MR) is 112 cm³/mol. The minimum absolute atomic E-state index is 0.201. The van der Waals surface area contributed by atoms with E-state index in [1.54, 1.807) is 12.1 Å². The first-order valence-corrected chi connectivity index (χ1v) is 10.8. The monoisotopic (exact) mass is 412 g/mol. The van der Waals surface area contributed by atoms with Gasteiger partial charge in [0.1, 0.15) is 27.4 Å². The lowest BCUT2D eigenvalue weighted by Crippen LogP contribution is -1.99. The summed E-state index contributed by atoms with van der Waals surface area (Å²) in [4.78, 5) is 17.2. The smallest absolute Gasteiger partial charge is 0.348 e. The van der Waals surface area contributed by atoms with Crippen LogP contribution < -0.4 is 4.74 Å². The summed E-state index contributed by atoms with van der Waals surface area (Å²) in [7, 11) is 0. The number of ether oxygens (including phenoxy) is 1.